The molecular weight excluding hydrogens is 404 g/mol. The molecule has 8 heteroatoms. The lowest BCUT2D eigenvalue weighted by Crippen LogP contribution is -2.45. The molecule has 2 aromatic carbocycles. The average Bonchev–Trinajstić information content (AvgIpc) is 3.12. The maximum absolute atomic E-state index is 12.4. The average molecular weight is 431 g/mol. The SMILES string of the molecule is CN(C)S(=O)(=O)c1cccc(CN2CCN(Cc3nc4ccccc4s3)CC2)c1. The second-order valence-corrected chi connectivity index (χ2v) is 10.8. The molecule has 4 rings (SSSR count). The molecule has 0 radical (unpaired) electrons. The maximum Gasteiger partial charge on any atom is 0.242 e. The zero-order valence-corrected chi connectivity index (χ0v) is 18.4. The van der Waals surface area contributed by atoms with Crippen molar-refractivity contribution in [3.8, 4) is 0 Å². The Balaban J connectivity index is 1.34. The number of para-hydroxylation sites is 1. The molecule has 0 spiro atoms. The molecule has 29 heavy (non-hydrogen) atoms. The Labute approximate surface area is 176 Å². The fourth-order valence-corrected chi connectivity index (χ4v) is 5.54. The van der Waals surface area contributed by atoms with Gasteiger partial charge in [-0.3, -0.25) is 9.80 Å². The third-order valence-corrected chi connectivity index (χ3v) is 8.08. The standard InChI is InChI=1S/C21H26N4O2S2/c1-23(2)29(26,27)18-7-5-6-17(14-18)15-24-10-12-25(13-11-24)16-21-22-19-8-3-4-9-20(19)28-21/h3-9,14H,10-13,15-16H2,1-2H3. The number of thiazole rings is 1. The predicted octanol–water partition coefficient (Wildman–Crippen LogP) is 2.86. The molecule has 3 aromatic rings. The van der Waals surface area contributed by atoms with Crippen LogP contribution in [0.3, 0.4) is 0 Å². The summed E-state index contributed by atoms with van der Waals surface area (Å²) in [6, 6.07) is 15.6. The lowest BCUT2D eigenvalue weighted by Gasteiger charge is -2.34. The molecule has 0 atom stereocenters. The van der Waals surface area contributed by atoms with Gasteiger partial charge in [0.1, 0.15) is 5.01 Å². The number of fused-ring (bicyclic) bond motifs is 1. The van der Waals surface area contributed by atoms with Crippen molar-refractivity contribution in [3.05, 3.63) is 59.1 Å². The van der Waals surface area contributed by atoms with Gasteiger partial charge in [0, 0.05) is 46.8 Å². The molecule has 0 aliphatic carbocycles. The fourth-order valence-electron chi connectivity index (χ4n) is 3.56. The number of nitrogens with zero attached hydrogens (tertiary/aromatic N) is 4. The summed E-state index contributed by atoms with van der Waals surface area (Å²) in [5.41, 5.74) is 2.12. The molecule has 0 amide bonds. The fraction of sp³-hybridized carbons (Fsp3) is 0.381. The Morgan fingerprint density at radius 1 is 0.966 bits per heavy atom. The molecule has 154 valence electrons. The molecule has 0 unspecified atom stereocenters. The first kappa shape index (κ1) is 20.4. The highest BCUT2D eigenvalue weighted by atomic mass is 32.2. The minimum absolute atomic E-state index is 0.356. The monoisotopic (exact) mass is 430 g/mol. The van der Waals surface area contributed by atoms with Crippen molar-refractivity contribution < 1.29 is 8.42 Å². The molecule has 6 nitrogen and oxygen atoms in total. The highest BCUT2D eigenvalue weighted by Gasteiger charge is 2.20. The van der Waals surface area contributed by atoms with Crippen LogP contribution in [0.15, 0.2) is 53.4 Å². The summed E-state index contributed by atoms with van der Waals surface area (Å²) in [4.78, 5) is 9.93. The number of hydrogen-bond acceptors (Lipinski definition) is 6. The quantitative estimate of drug-likeness (QED) is 0.602. The van der Waals surface area contributed by atoms with Gasteiger partial charge in [0.25, 0.3) is 0 Å². The number of aromatic nitrogens is 1. The van der Waals surface area contributed by atoms with Crippen LogP contribution in [0, 0.1) is 0 Å². The smallest absolute Gasteiger partial charge is 0.242 e. The van der Waals surface area contributed by atoms with E-state index < -0.39 is 10.0 Å². The van der Waals surface area contributed by atoms with E-state index in [1.54, 1.807) is 37.6 Å². The van der Waals surface area contributed by atoms with Crippen molar-refractivity contribution in [1.82, 2.24) is 19.1 Å². The molecule has 1 fully saturated rings. The number of piperazine rings is 1. The number of rotatable bonds is 6. The number of benzene rings is 2. The first-order chi connectivity index (χ1) is 13.9. The van der Waals surface area contributed by atoms with Crippen molar-refractivity contribution in [2.75, 3.05) is 40.3 Å². The first-order valence-corrected chi connectivity index (χ1v) is 12.0. The summed E-state index contributed by atoms with van der Waals surface area (Å²) in [7, 11) is -0.270. The van der Waals surface area contributed by atoms with Gasteiger partial charge in [-0.25, -0.2) is 17.7 Å². The summed E-state index contributed by atoms with van der Waals surface area (Å²) in [5, 5.41) is 1.17. The minimum Gasteiger partial charge on any atom is -0.297 e. The lowest BCUT2D eigenvalue weighted by molar-refractivity contribution is 0.122. The van der Waals surface area contributed by atoms with Crippen LogP contribution >= 0.6 is 11.3 Å². The van der Waals surface area contributed by atoms with Crippen molar-refractivity contribution >= 4 is 31.6 Å². The van der Waals surface area contributed by atoms with Gasteiger partial charge >= 0.3 is 0 Å². The van der Waals surface area contributed by atoms with Gasteiger partial charge < -0.3 is 0 Å². The van der Waals surface area contributed by atoms with Crippen molar-refractivity contribution in [1.29, 1.82) is 0 Å². The van der Waals surface area contributed by atoms with Crippen LogP contribution < -0.4 is 0 Å². The maximum atomic E-state index is 12.4. The van der Waals surface area contributed by atoms with Gasteiger partial charge in [-0.2, -0.15) is 0 Å². The molecular formula is C21H26N4O2S2. The van der Waals surface area contributed by atoms with Gasteiger partial charge in [0.05, 0.1) is 21.7 Å². The van der Waals surface area contributed by atoms with E-state index in [1.165, 1.54) is 14.0 Å². The second-order valence-electron chi connectivity index (χ2n) is 7.56. The van der Waals surface area contributed by atoms with Gasteiger partial charge in [-0.15, -0.1) is 11.3 Å². The summed E-state index contributed by atoms with van der Waals surface area (Å²) in [6.07, 6.45) is 0. The Hall–Kier alpha value is -1.84. The summed E-state index contributed by atoms with van der Waals surface area (Å²) < 4.78 is 27.2. The third kappa shape index (κ3) is 4.67. The summed E-state index contributed by atoms with van der Waals surface area (Å²) in [6.45, 7) is 5.58. The number of hydrogen-bond donors (Lipinski definition) is 0. The van der Waals surface area contributed by atoms with E-state index in [-0.39, 0.29) is 0 Å². The molecule has 0 bridgehead atoms. The summed E-state index contributed by atoms with van der Waals surface area (Å²) in [5.74, 6) is 0. The largest absolute Gasteiger partial charge is 0.297 e. The Bertz CT molecular complexity index is 1050. The van der Waals surface area contributed by atoms with E-state index >= 15 is 0 Å². The van der Waals surface area contributed by atoms with Crippen molar-refractivity contribution in [3.63, 3.8) is 0 Å². The van der Waals surface area contributed by atoms with Gasteiger partial charge in [-0.05, 0) is 29.8 Å². The topological polar surface area (TPSA) is 56.8 Å². The van der Waals surface area contributed by atoms with Crippen molar-refractivity contribution in [2.45, 2.75) is 18.0 Å². The number of sulfonamides is 1. The molecule has 2 heterocycles. The molecule has 1 aromatic heterocycles. The highest BCUT2D eigenvalue weighted by Crippen LogP contribution is 2.23. The normalized spacial score (nSPS) is 16.7. The van der Waals surface area contributed by atoms with Crippen LogP contribution in [-0.2, 0) is 23.1 Å². The van der Waals surface area contributed by atoms with E-state index in [9.17, 15) is 8.42 Å². The molecule has 0 N–H and O–H groups in total. The van der Waals surface area contributed by atoms with E-state index in [0.29, 0.717) is 4.90 Å². The van der Waals surface area contributed by atoms with Crippen LogP contribution in [0.25, 0.3) is 10.2 Å². The van der Waals surface area contributed by atoms with Crippen LogP contribution in [0.5, 0.6) is 0 Å². The Kier molecular flexibility index (Phi) is 5.98. The van der Waals surface area contributed by atoms with Crippen LogP contribution in [0.4, 0.5) is 0 Å². The van der Waals surface area contributed by atoms with E-state index in [0.717, 1.165) is 50.3 Å². The first-order valence-electron chi connectivity index (χ1n) is 9.72. The zero-order chi connectivity index (χ0) is 20.4. The molecule has 1 aliphatic rings. The Morgan fingerprint density at radius 2 is 1.66 bits per heavy atom. The van der Waals surface area contributed by atoms with E-state index in [1.807, 2.05) is 18.2 Å². The van der Waals surface area contributed by atoms with E-state index in [2.05, 4.69) is 28.0 Å². The van der Waals surface area contributed by atoms with Gasteiger partial charge in [0.15, 0.2) is 0 Å². The minimum atomic E-state index is -3.39. The molecule has 1 aliphatic heterocycles. The molecule has 1 saturated heterocycles. The third-order valence-electron chi connectivity index (χ3n) is 5.25. The van der Waals surface area contributed by atoms with Gasteiger partial charge in [-0.1, -0.05) is 24.3 Å². The zero-order valence-electron chi connectivity index (χ0n) is 16.8. The van der Waals surface area contributed by atoms with E-state index in [4.69, 9.17) is 4.98 Å². The predicted molar refractivity (Wildman–Crippen MR) is 117 cm³/mol. The highest BCUT2D eigenvalue weighted by molar-refractivity contribution is 7.89. The van der Waals surface area contributed by atoms with Crippen LogP contribution in [0.2, 0.25) is 0 Å². The van der Waals surface area contributed by atoms with Crippen LogP contribution in [-0.4, -0.2) is 67.8 Å². The lowest BCUT2D eigenvalue weighted by atomic mass is 10.2. The summed E-state index contributed by atoms with van der Waals surface area (Å²) >= 11 is 1.77. The second kappa shape index (κ2) is 8.49. The Morgan fingerprint density at radius 3 is 2.34 bits per heavy atom. The van der Waals surface area contributed by atoms with Gasteiger partial charge in [0.2, 0.25) is 10.0 Å². The van der Waals surface area contributed by atoms with Crippen molar-refractivity contribution in [2.24, 2.45) is 0 Å². The van der Waals surface area contributed by atoms with Crippen LogP contribution in [0.1, 0.15) is 10.6 Å². The molecule has 0 saturated carbocycles.